The summed E-state index contributed by atoms with van der Waals surface area (Å²) in [5.74, 6) is -0.0244. The highest BCUT2D eigenvalue weighted by atomic mass is 35.5. The maximum Gasteiger partial charge on any atom is 0.323 e. The van der Waals surface area contributed by atoms with Gasteiger partial charge >= 0.3 is 6.03 Å². The molecule has 7 heteroatoms. The molecule has 2 aromatic carbocycles. The summed E-state index contributed by atoms with van der Waals surface area (Å²) >= 11 is 0. The van der Waals surface area contributed by atoms with Crippen LogP contribution in [0.25, 0.3) is 0 Å². The minimum absolute atomic E-state index is 0. The van der Waals surface area contributed by atoms with Gasteiger partial charge in [0.1, 0.15) is 0 Å². The number of carbonyl (C=O) groups excluding carboxylic acids is 2. The number of hydrogen-bond donors (Lipinski definition) is 4. The van der Waals surface area contributed by atoms with Crippen molar-refractivity contribution in [3.8, 4) is 0 Å². The van der Waals surface area contributed by atoms with Crippen molar-refractivity contribution in [2.75, 3.05) is 22.5 Å². The molecule has 27 heavy (non-hydrogen) atoms. The number of amides is 3. The zero-order chi connectivity index (χ0) is 18.6. The molecule has 0 saturated carbocycles. The summed E-state index contributed by atoms with van der Waals surface area (Å²) in [4.78, 5) is 24.0. The first-order valence-electron chi connectivity index (χ1n) is 8.90. The van der Waals surface area contributed by atoms with Gasteiger partial charge < -0.3 is 21.7 Å². The largest absolute Gasteiger partial charge is 0.330 e. The lowest BCUT2D eigenvalue weighted by Crippen LogP contribution is -2.19. The number of anilines is 3. The van der Waals surface area contributed by atoms with E-state index in [2.05, 4.69) is 16.0 Å². The molecule has 0 bridgehead atoms. The van der Waals surface area contributed by atoms with Crippen molar-refractivity contribution in [3.05, 3.63) is 54.6 Å². The predicted molar refractivity (Wildman–Crippen MR) is 114 cm³/mol. The van der Waals surface area contributed by atoms with Gasteiger partial charge in [-0.3, -0.25) is 4.79 Å². The van der Waals surface area contributed by atoms with Crippen LogP contribution in [0.1, 0.15) is 32.1 Å². The zero-order valence-corrected chi connectivity index (χ0v) is 16.1. The first kappa shape index (κ1) is 22.5. The highest BCUT2D eigenvalue weighted by Gasteiger charge is 2.05. The van der Waals surface area contributed by atoms with E-state index < -0.39 is 0 Å². The Morgan fingerprint density at radius 1 is 0.741 bits per heavy atom. The van der Waals surface area contributed by atoms with Gasteiger partial charge in [0, 0.05) is 23.5 Å². The molecule has 0 radical (unpaired) electrons. The van der Waals surface area contributed by atoms with Crippen molar-refractivity contribution in [3.63, 3.8) is 0 Å². The third-order valence-corrected chi connectivity index (χ3v) is 3.79. The fourth-order valence-electron chi connectivity index (χ4n) is 2.50. The molecule has 0 heterocycles. The van der Waals surface area contributed by atoms with Crippen molar-refractivity contribution in [2.24, 2.45) is 5.73 Å². The molecule has 0 spiro atoms. The molecule has 3 amide bonds. The lowest BCUT2D eigenvalue weighted by Gasteiger charge is -2.10. The summed E-state index contributed by atoms with van der Waals surface area (Å²) in [6, 6.07) is 16.0. The van der Waals surface area contributed by atoms with E-state index >= 15 is 0 Å². The van der Waals surface area contributed by atoms with Crippen molar-refractivity contribution in [1.29, 1.82) is 0 Å². The zero-order valence-electron chi connectivity index (χ0n) is 15.2. The molecule has 0 fully saturated rings. The highest BCUT2D eigenvalue weighted by Crippen LogP contribution is 2.16. The molecule has 0 saturated heterocycles. The Kier molecular flexibility index (Phi) is 10.6. The highest BCUT2D eigenvalue weighted by molar-refractivity contribution is 6.00. The summed E-state index contributed by atoms with van der Waals surface area (Å²) in [5.41, 5.74) is 7.43. The van der Waals surface area contributed by atoms with Crippen molar-refractivity contribution >= 4 is 41.4 Å². The number of halogens is 1. The van der Waals surface area contributed by atoms with Crippen LogP contribution in [0.3, 0.4) is 0 Å². The Morgan fingerprint density at radius 3 is 2.04 bits per heavy atom. The second kappa shape index (κ2) is 12.7. The van der Waals surface area contributed by atoms with E-state index in [1.54, 1.807) is 24.3 Å². The van der Waals surface area contributed by atoms with Gasteiger partial charge in [-0.1, -0.05) is 37.1 Å². The van der Waals surface area contributed by atoms with Gasteiger partial charge in [-0.15, -0.1) is 12.4 Å². The SMILES string of the molecule is Cl.NCCCCCCC(=O)Nc1cccc(NC(=O)Nc2ccccc2)c1. The molecule has 2 rings (SSSR count). The van der Waals surface area contributed by atoms with Crippen molar-refractivity contribution < 1.29 is 9.59 Å². The van der Waals surface area contributed by atoms with E-state index in [9.17, 15) is 9.59 Å². The third-order valence-electron chi connectivity index (χ3n) is 3.79. The van der Waals surface area contributed by atoms with Gasteiger partial charge in [-0.25, -0.2) is 4.79 Å². The summed E-state index contributed by atoms with van der Waals surface area (Å²) in [6.45, 7) is 0.698. The first-order valence-corrected chi connectivity index (χ1v) is 8.90. The fourth-order valence-corrected chi connectivity index (χ4v) is 2.50. The van der Waals surface area contributed by atoms with Gasteiger partial charge in [0.2, 0.25) is 5.91 Å². The Morgan fingerprint density at radius 2 is 1.33 bits per heavy atom. The van der Waals surface area contributed by atoms with Crippen molar-refractivity contribution in [2.45, 2.75) is 32.1 Å². The molecule has 0 atom stereocenters. The van der Waals surface area contributed by atoms with E-state index in [1.165, 1.54) is 0 Å². The number of nitrogens with two attached hydrogens (primary N) is 1. The van der Waals surface area contributed by atoms with E-state index in [0.29, 0.717) is 30.0 Å². The second-order valence-electron chi connectivity index (χ2n) is 6.03. The number of nitrogens with one attached hydrogen (secondary N) is 3. The second-order valence-corrected chi connectivity index (χ2v) is 6.03. The normalized spacial score (nSPS) is 9.81. The summed E-state index contributed by atoms with van der Waals surface area (Å²) < 4.78 is 0. The summed E-state index contributed by atoms with van der Waals surface area (Å²) in [5, 5.41) is 8.37. The maximum atomic E-state index is 12.0. The molecule has 2 aromatic rings. The Bertz CT molecular complexity index is 710. The number of carbonyl (C=O) groups is 2. The van der Waals surface area contributed by atoms with E-state index in [-0.39, 0.29) is 24.3 Å². The van der Waals surface area contributed by atoms with Crippen LogP contribution >= 0.6 is 12.4 Å². The lowest BCUT2D eigenvalue weighted by molar-refractivity contribution is -0.116. The lowest BCUT2D eigenvalue weighted by atomic mass is 10.1. The topological polar surface area (TPSA) is 96.2 Å². The molecule has 146 valence electrons. The van der Waals surface area contributed by atoms with Gasteiger partial charge in [0.15, 0.2) is 0 Å². The number of unbranched alkanes of at least 4 members (excludes halogenated alkanes) is 3. The molecular formula is C20H27ClN4O2. The van der Waals surface area contributed by atoms with Crippen LogP contribution in [0.15, 0.2) is 54.6 Å². The Hall–Kier alpha value is -2.57. The maximum absolute atomic E-state index is 12.0. The van der Waals surface area contributed by atoms with Crippen LogP contribution in [0.2, 0.25) is 0 Å². The Balaban J connectivity index is 0.00000364. The van der Waals surface area contributed by atoms with Crippen molar-refractivity contribution in [1.82, 2.24) is 0 Å². The summed E-state index contributed by atoms with van der Waals surface area (Å²) in [7, 11) is 0. The van der Waals surface area contributed by atoms with Gasteiger partial charge in [0.25, 0.3) is 0 Å². The standard InChI is InChI=1S/C20H26N4O2.ClH/c21-14-7-2-1-6-13-19(25)22-17-11-8-12-18(15-17)24-20(26)23-16-9-4-3-5-10-16;/h3-5,8-12,15H,1-2,6-7,13-14,21H2,(H,22,25)(H2,23,24,26);1H. The number of hydrogen-bond acceptors (Lipinski definition) is 3. The van der Waals surface area contributed by atoms with Crippen LogP contribution in [-0.2, 0) is 4.79 Å². The van der Waals surface area contributed by atoms with Crippen LogP contribution < -0.4 is 21.7 Å². The van der Waals surface area contributed by atoms with E-state index in [0.717, 1.165) is 25.7 Å². The van der Waals surface area contributed by atoms with E-state index in [4.69, 9.17) is 5.73 Å². The summed E-state index contributed by atoms with van der Waals surface area (Å²) in [6.07, 6.45) is 4.39. The van der Waals surface area contributed by atoms with Gasteiger partial charge in [0.05, 0.1) is 0 Å². The number of para-hydroxylation sites is 1. The first-order chi connectivity index (χ1) is 12.7. The third kappa shape index (κ3) is 9.08. The van der Waals surface area contributed by atoms with E-state index in [1.807, 2.05) is 30.3 Å². The molecule has 0 aliphatic rings. The van der Waals surface area contributed by atoms with Crippen LogP contribution in [-0.4, -0.2) is 18.5 Å². The number of rotatable bonds is 9. The molecule has 0 unspecified atom stereocenters. The van der Waals surface area contributed by atoms with Crippen LogP contribution in [0.4, 0.5) is 21.9 Å². The fraction of sp³-hybridized carbons (Fsp3) is 0.300. The van der Waals surface area contributed by atoms with Crippen LogP contribution in [0.5, 0.6) is 0 Å². The Labute approximate surface area is 166 Å². The van der Waals surface area contributed by atoms with Crippen LogP contribution in [0, 0.1) is 0 Å². The number of benzene rings is 2. The molecular weight excluding hydrogens is 364 g/mol. The predicted octanol–water partition coefficient (Wildman–Crippen LogP) is 4.60. The van der Waals surface area contributed by atoms with Gasteiger partial charge in [-0.2, -0.15) is 0 Å². The monoisotopic (exact) mass is 390 g/mol. The van der Waals surface area contributed by atoms with Gasteiger partial charge in [-0.05, 0) is 49.7 Å². The molecule has 6 nitrogen and oxygen atoms in total. The average Bonchev–Trinajstić information content (AvgIpc) is 2.62. The smallest absolute Gasteiger partial charge is 0.323 e. The quantitative estimate of drug-likeness (QED) is 0.471. The molecule has 0 aromatic heterocycles. The number of urea groups is 1. The molecule has 0 aliphatic carbocycles. The minimum Gasteiger partial charge on any atom is -0.330 e. The molecule has 0 aliphatic heterocycles. The average molecular weight is 391 g/mol. The molecule has 5 N–H and O–H groups in total. The minimum atomic E-state index is -0.334.